The lowest BCUT2D eigenvalue weighted by molar-refractivity contribution is -0.144. The Hall–Kier alpha value is -2.39. The average molecular weight is 288 g/mol. The Kier molecular flexibility index (Phi) is 4.90. The van der Waals surface area contributed by atoms with Crippen LogP contribution in [0.2, 0.25) is 0 Å². The molecule has 0 aromatic carbocycles. The second-order valence-electron chi connectivity index (χ2n) is 4.68. The SMILES string of the molecule is COC(=O)C1CCN(C(=O)c2cncc(C#CCO)c2)C1. The summed E-state index contributed by atoms with van der Waals surface area (Å²) in [7, 11) is 1.35. The molecule has 1 N–H and O–H groups in total. The molecule has 1 unspecified atom stereocenters. The molecule has 6 nitrogen and oxygen atoms in total. The highest BCUT2D eigenvalue weighted by Crippen LogP contribution is 2.19. The Morgan fingerprint density at radius 1 is 1.52 bits per heavy atom. The van der Waals surface area contributed by atoms with E-state index in [4.69, 9.17) is 9.84 Å². The molecule has 0 radical (unpaired) electrons. The van der Waals surface area contributed by atoms with Gasteiger partial charge in [-0.3, -0.25) is 14.6 Å². The van der Waals surface area contributed by atoms with Gasteiger partial charge in [0.1, 0.15) is 6.61 Å². The zero-order chi connectivity index (χ0) is 15.2. The van der Waals surface area contributed by atoms with Gasteiger partial charge < -0.3 is 14.7 Å². The van der Waals surface area contributed by atoms with Crippen LogP contribution in [0.1, 0.15) is 22.3 Å². The van der Waals surface area contributed by atoms with Crippen molar-refractivity contribution in [3.05, 3.63) is 29.6 Å². The first-order valence-electron chi connectivity index (χ1n) is 6.57. The third-order valence-electron chi connectivity index (χ3n) is 3.31. The number of hydrogen-bond acceptors (Lipinski definition) is 5. The zero-order valence-electron chi connectivity index (χ0n) is 11.7. The standard InChI is InChI=1S/C15H16N2O4/c1-21-15(20)12-4-5-17(10-12)14(19)13-7-11(3-2-6-18)8-16-9-13/h7-9,12,18H,4-6,10H2,1H3. The average Bonchev–Trinajstić information content (AvgIpc) is 3.01. The lowest BCUT2D eigenvalue weighted by Gasteiger charge is -2.15. The Morgan fingerprint density at radius 2 is 2.33 bits per heavy atom. The monoisotopic (exact) mass is 288 g/mol. The molecule has 0 saturated carbocycles. The minimum Gasteiger partial charge on any atom is -0.469 e. The van der Waals surface area contributed by atoms with Crippen LogP contribution in [0.15, 0.2) is 18.5 Å². The molecule has 1 aliphatic heterocycles. The fourth-order valence-corrected chi connectivity index (χ4v) is 2.25. The number of hydrogen-bond donors (Lipinski definition) is 1. The van der Waals surface area contributed by atoms with Gasteiger partial charge in [-0.05, 0) is 12.5 Å². The van der Waals surface area contributed by atoms with Crippen LogP contribution in [-0.2, 0) is 9.53 Å². The van der Waals surface area contributed by atoms with Crippen molar-refractivity contribution in [2.45, 2.75) is 6.42 Å². The second-order valence-corrected chi connectivity index (χ2v) is 4.68. The van der Waals surface area contributed by atoms with E-state index in [0.29, 0.717) is 30.6 Å². The predicted molar refractivity (Wildman–Crippen MR) is 74.2 cm³/mol. The van der Waals surface area contributed by atoms with Gasteiger partial charge in [-0.15, -0.1) is 0 Å². The molecule has 0 aliphatic carbocycles. The van der Waals surface area contributed by atoms with Crippen molar-refractivity contribution in [1.82, 2.24) is 9.88 Å². The molecular weight excluding hydrogens is 272 g/mol. The summed E-state index contributed by atoms with van der Waals surface area (Å²) in [6.07, 6.45) is 3.61. The summed E-state index contributed by atoms with van der Waals surface area (Å²) in [6.45, 7) is 0.633. The number of amides is 1. The van der Waals surface area contributed by atoms with Crippen LogP contribution < -0.4 is 0 Å². The maximum atomic E-state index is 12.4. The van der Waals surface area contributed by atoms with E-state index >= 15 is 0 Å². The number of aliphatic hydroxyl groups excluding tert-OH is 1. The van der Waals surface area contributed by atoms with Crippen molar-refractivity contribution in [3.8, 4) is 11.8 Å². The first-order chi connectivity index (χ1) is 10.2. The van der Waals surface area contributed by atoms with Gasteiger partial charge in [-0.25, -0.2) is 0 Å². The molecule has 1 aliphatic rings. The zero-order valence-corrected chi connectivity index (χ0v) is 11.7. The Labute approximate surface area is 122 Å². The van der Waals surface area contributed by atoms with Gasteiger partial charge in [-0.2, -0.15) is 0 Å². The highest BCUT2D eigenvalue weighted by Gasteiger charge is 2.32. The lowest BCUT2D eigenvalue weighted by Crippen LogP contribution is -2.30. The van der Waals surface area contributed by atoms with Gasteiger partial charge in [0.2, 0.25) is 0 Å². The van der Waals surface area contributed by atoms with Crippen LogP contribution in [0.3, 0.4) is 0 Å². The summed E-state index contributed by atoms with van der Waals surface area (Å²) in [5.41, 5.74) is 0.990. The number of ether oxygens (including phenoxy) is 1. The molecule has 1 aromatic rings. The molecule has 2 heterocycles. The normalized spacial score (nSPS) is 17.0. The van der Waals surface area contributed by atoms with Crippen LogP contribution >= 0.6 is 0 Å². The number of carbonyl (C=O) groups is 2. The number of rotatable bonds is 2. The van der Waals surface area contributed by atoms with Crippen molar-refractivity contribution in [2.24, 2.45) is 5.92 Å². The maximum Gasteiger partial charge on any atom is 0.310 e. The summed E-state index contributed by atoms with van der Waals surface area (Å²) in [5, 5.41) is 8.67. The molecule has 110 valence electrons. The van der Waals surface area contributed by atoms with Gasteiger partial charge in [-0.1, -0.05) is 11.8 Å². The van der Waals surface area contributed by atoms with Crippen molar-refractivity contribution >= 4 is 11.9 Å². The summed E-state index contributed by atoms with van der Waals surface area (Å²) >= 11 is 0. The first kappa shape index (κ1) is 15.0. The number of methoxy groups -OCH3 is 1. The van der Waals surface area contributed by atoms with E-state index in [1.54, 1.807) is 11.0 Å². The van der Waals surface area contributed by atoms with Crippen LogP contribution in [-0.4, -0.2) is 53.7 Å². The minimum atomic E-state index is -0.286. The van der Waals surface area contributed by atoms with Crippen molar-refractivity contribution in [1.29, 1.82) is 0 Å². The van der Waals surface area contributed by atoms with Gasteiger partial charge in [0.25, 0.3) is 5.91 Å². The van der Waals surface area contributed by atoms with Crippen molar-refractivity contribution in [2.75, 3.05) is 26.8 Å². The third kappa shape index (κ3) is 3.58. The number of esters is 1. The van der Waals surface area contributed by atoms with Crippen LogP contribution in [0, 0.1) is 17.8 Å². The van der Waals surface area contributed by atoms with Crippen LogP contribution in [0.4, 0.5) is 0 Å². The predicted octanol–water partition coefficient (Wildman–Crippen LogP) is 0.0605. The number of aliphatic hydroxyl groups is 1. The quantitative estimate of drug-likeness (QED) is 0.615. The van der Waals surface area contributed by atoms with E-state index in [1.165, 1.54) is 19.5 Å². The highest BCUT2D eigenvalue weighted by atomic mass is 16.5. The summed E-state index contributed by atoms with van der Waals surface area (Å²) in [4.78, 5) is 29.4. The molecule has 1 atom stereocenters. The van der Waals surface area contributed by atoms with Gasteiger partial charge >= 0.3 is 5.97 Å². The van der Waals surface area contributed by atoms with E-state index in [2.05, 4.69) is 16.8 Å². The molecule has 21 heavy (non-hydrogen) atoms. The van der Waals surface area contributed by atoms with Crippen molar-refractivity contribution in [3.63, 3.8) is 0 Å². The highest BCUT2D eigenvalue weighted by molar-refractivity contribution is 5.94. The van der Waals surface area contributed by atoms with E-state index in [1.807, 2.05) is 0 Å². The van der Waals surface area contributed by atoms with Gasteiger partial charge in [0.15, 0.2) is 0 Å². The summed E-state index contributed by atoms with van der Waals surface area (Å²) < 4.78 is 4.70. The fourth-order valence-electron chi connectivity index (χ4n) is 2.25. The topological polar surface area (TPSA) is 79.7 Å². The molecule has 1 amide bonds. The molecule has 1 aromatic heterocycles. The number of pyridine rings is 1. The number of likely N-dealkylation sites (tertiary alicyclic amines) is 1. The number of nitrogens with zero attached hydrogens (tertiary/aromatic N) is 2. The van der Waals surface area contributed by atoms with Crippen LogP contribution in [0.25, 0.3) is 0 Å². The summed E-state index contributed by atoms with van der Waals surface area (Å²) in [5.74, 6) is 4.49. The maximum absolute atomic E-state index is 12.4. The van der Waals surface area contributed by atoms with E-state index < -0.39 is 0 Å². The molecule has 2 rings (SSSR count). The largest absolute Gasteiger partial charge is 0.469 e. The van der Waals surface area contributed by atoms with Crippen LogP contribution in [0.5, 0.6) is 0 Å². The summed E-state index contributed by atoms with van der Waals surface area (Å²) in [6, 6.07) is 1.63. The van der Waals surface area contributed by atoms with E-state index in [-0.39, 0.29) is 24.4 Å². The van der Waals surface area contributed by atoms with Crippen molar-refractivity contribution < 1.29 is 19.4 Å². The smallest absolute Gasteiger partial charge is 0.310 e. The van der Waals surface area contributed by atoms with Gasteiger partial charge in [0.05, 0.1) is 18.6 Å². The van der Waals surface area contributed by atoms with Gasteiger partial charge in [0, 0.05) is 31.0 Å². The Balaban J connectivity index is 2.09. The first-order valence-corrected chi connectivity index (χ1v) is 6.57. The lowest BCUT2D eigenvalue weighted by atomic mass is 10.1. The molecule has 1 saturated heterocycles. The number of carbonyl (C=O) groups excluding carboxylic acids is 2. The number of aromatic nitrogens is 1. The molecule has 6 heteroatoms. The molecule has 1 fully saturated rings. The molecule has 0 spiro atoms. The Morgan fingerprint density at radius 3 is 3.05 bits per heavy atom. The molecule has 0 bridgehead atoms. The minimum absolute atomic E-state index is 0.179. The Bertz CT molecular complexity index is 603. The second kappa shape index (κ2) is 6.86. The third-order valence-corrected chi connectivity index (χ3v) is 3.31. The van der Waals surface area contributed by atoms with E-state index in [0.717, 1.165) is 0 Å². The molecular formula is C15H16N2O4. The fraction of sp³-hybridized carbons (Fsp3) is 0.400. The van der Waals surface area contributed by atoms with E-state index in [9.17, 15) is 9.59 Å².